The van der Waals surface area contributed by atoms with Crippen LogP contribution < -0.4 is 15.5 Å². The molecule has 0 aliphatic carbocycles. The lowest BCUT2D eigenvalue weighted by Crippen LogP contribution is -2.41. The molecule has 7 heteroatoms. The average Bonchev–Trinajstić information content (AvgIpc) is 3.15. The molecule has 4 rings (SSSR count). The van der Waals surface area contributed by atoms with Gasteiger partial charge in [-0.2, -0.15) is 0 Å². The largest absolute Gasteiger partial charge is 0.494 e. The molecule has 29 heavy (non-hydrogen) atoms. The van der Waals surface area contributed by atoms with Gasteiger partial charge >= 0.3 is 7.12 Å². The van der Waals surface area contributed by atoms with Crippen LogP contribution in [-0.4, -0.2) is 31.3 Å². The van der Waals surface area contributed by atoms with Crippen molar-refractivity contribution in [1.29, 1.82) is 0 Å². The summed E-state index contributed by atoms with van der Waals surface area (Å²) in [6.07, 6.45) is -0.529. The molecule has 5 nitrogen and oxygen atoms in total. The molecule has 2 atom stereocenters. The Morgan fingerprint density at radius 2 is 1.66 bits per heavy atom. The molecule has 1 saturated heterocycles. The summed E-state index contributed by atoms with van der Waals surface area (Å²) in [6.45, 7) is 8.01. The van der Waals surface area contributed by atoms with Crippen molar-refractivity contribution in [3.8, 4) is 5.75 Å². The number of benzene rings is 2. The van der Waals surface area contributed by atoms with Crippen LogP contribution in [0.5, 0.6) is 5.75 Å². The summed E-state index contributed by atoms with van der Waals surface area (Å²) in [5.74, 6) is -0.413. The number of carbonyl (C=O) groups excluding carboxylic acids is 1. The molecule has 0 bridgehead atoms. The number of likely N-dealkylation sites (N-methyl/N-ethyl adjacent to an activating group) is 1. The number of carbonyl (C=O) groups is 1. The second kappa shape index (κ2) is 6.85. The molecular weight excluding hydrogens is 372 g/mol. The highest BCUT2D eigenvalue weighted by Gasteiger charge is 2.52. The van der Waals surface area contributed by atoms with Crippen molar-refractivity contribution in [2.45, 2.75) is 50.9 Å². The molecule has 2 aromatic rings. The number of nitrogens with one attached hydrogen (secondary N) is 1. The second-order valence-corrected chi connectivity index (χ2v) is 8.57. The first-order valence-corrected chi connectivity index (χ1v) is 9.76. The van der Waals surface area contributed by atoms with E-state index < -0.39 is 30.3 Å². The van der Waals surface area contributed by atoms with E-state index in [9.17, 15) is 9.18 Å². The lowest BCUT2D eigenvalue weighted by atomic mass is 9.77. The Bertz CT molecular complexity index is 928. The minimum Gasteiger partial charge on any atom is -0.484 e. The zero-order valence-electron chi connectivity index (χ0n) is 17.3. The Hall–Kier alpha value is -2.38. The number of hydrogen-bond donors (Lipinski definition) is 1. The summed E-state index contributed by atoms with van der Waals surface area (Å²) in [7, 11) is 1.07. The van der Waals surface area contributed by atoms with E-state index in [0.717, 1.165) is 16.6 Å². The number of hydrogen-bond acceptors (Lipinski definition) is 4. The maximum atomic E-state index is 13.4. The van der Waals surface area contributed by atoms with Crippen LogP contribution in [0.25, 0.3) is 0 Å². The van der Waals surface area contributed by atoms with E-state index in [1.54, 1.807) is 19.2 Å². The summed E-state index contributed by atoms with van der Waals surface area (Å²) >= 11 is 0. The minimum atomic E-state index is -0.553. The van der Waals surface area contributed by atoms with Crippen molar-refractivity contribution in [2.75, 3.05) is 7.05 Å². The Morgan fingerprint density at radius 3 is 2.24 bits per heavy atom. The van der Waals surface area contributed by atoms with Crippen LogP contribution >= 0.6 is 0 Å². The van der Waals surface area contributed by atoms with E-state index in [2.05, 4.69) is 5.32 Å². The number of fused-ring (bicyclic) bond motifs is 1. The van der Waals surface area contributed by atoms with Gasteiger partial charge in [-0.1, -0.05) is 24.3 Å². The highest BCUT2D eigenvalue weighted by Crippen LogP contribution is 2.46. The third-order valence-electron chi connectivity index (χ3n) is 6.18. The zero-order valence-corrected chi connectivity index (χ0v) is 17.3. The smallest absolute Gasteiger partial charge is 0.484 e. The van der Waals surface area contributed by atoms with Crippen LogP contribution in [0.3, 0.4) is 0 Å². The van der Waals surface area contributed by atoms with E-state index in [4.69, 9.17) is 14.0 Å². The molecule has 2 aliphatic heterocycles. The second-order valence-electron chi connectivity index (χ2n) is 8.57. The highest BCUT2D eigenvalue weighted by molar-refractivity contribution is 6.62. The minimum absolute atomic E-state index is 0.163. The molecule has 1 amide bonds. The van der Waals surface area contributed by atoms with Crippen LogP contribution in [0, 0.1) is 5.82 Å². The van der Waals surface area contributed by atoms with Gasteiger partial charge in [0, 0.05) is 12.6 Å². The number of rotatable bonds is 3. The van der Waals surface area contributed by atoms with E-state index in [1.165, 1.54) is 12.1 Å². The molecule has 1 fully saturated rings. The quantitative estimate of drug-likeness (QED) is 0.809. The Morgan fingerprint density at radius 1 is 1.03 bits per heavy atom. The van der Waals surface area contributed by atoms with E-state index >= 15 is 0 Å². The topological polar surface area (TPSA) is 56.8 Å². The predicted molar refractivity (Wildman–Crippen MR) is 109 cm³/mol. The van der Waals surface area contributed by atoms with Crippen molar-refractivity contribution in [3.63, 3.8) is 0 Å². The molecule has 0 saturated carbocycles. The van der Waals surface area contributed by atoms with Gasteiger partial charge in [-0.15, -0.1) is 0 Å². The molecular formula is C22H25BFNO4. The fraction of sp³-hybridized carbons (Fsp3) is 0.409. The lowest BCUT2D eigenvalue weighted by molar-refractivity contribution is -0.123. The molecule has 2 aromatic carbocycles. The summed E-state index contributed by atoms with van der Waals surface area (Å²) in [5, 5.41) is 2.72. The monoisotopic (exact) mass is 397 g/mol. The van der Waals surface area contributed by atoms with Gasteiger partial charge in [-0.25, -0.2) is 4.39 Å². The Kier molecular flexibility index (Phi) is 4.71. The van der Waals surface area contributed by atoms with Crippen molar-refractivity contribution < 1.29 is 23.2 Å². The SMILES string of the molecule is CNC(=O)C1c2cc(B3OC(C)(C)C(C)(C)O3)ccc2OC1c1ccc(F)cc1. The zero-order chi connectivity index (χ0) is 21.0. The normalized spacial score (nSPS) is 24.1. The highest BCUT2D eigenvalue weighted by atomic mass is 19.1. The lowest BCUT2D eigenvalue weighted by Gasteiger charge is -2.32. The van der Waals surface area contributed by atoms with Crippen LogP contribution in [-0.2, 0) is 14.1 Å². The number of ether oxygens (including phenoxy) is 1. The van der Waals surface area contributed by atoms with Crippen molar-refractivity contribution in [3.05, 3.63) is 59.4 Å². The first kappa shape index (κ1) is 19.9. The summed E-state index contributed by atoms with van der Waals surface area (Å²) in [4.78, 5) is 12.7. The van der Waals surface area contributed by atoms with Crippen LogP contribution in [0.15, 0.2) is 42.5 Å². The number of halogens is 1. The molecule has 0 radical (unpaired) electrons. The van der Waals surface area contributed by atoms with Gasteiger partial charge in [0.1, 0.15) is 23.6 Å². The standard InChI is InChI=1S/C22H25BFNO4/c1-21(2)22(3,4)29-23(28-21)14-8-11-17-16(12-14)18(20(26)25-5)19(27-17)13-6-9-15(24)10-7-13/h6-12,18-19H,1-5H3,(H,25,26). The molecule has 0 aromatic heterocycles. The molecule has 152 valence electrons. The average molecular weight is 397 g/mol. The molecule has 0 spiro atoms. The molecule has 1 N–H and O–H groups in total. The van der Waals surface area contributed by atoms with Crippen LogP contribution in [0.4, 0.5) is 4.39 Å². The maximum Gasteiger partial charge on any atom is 0.494 e. The van der Waals surface area contributed by atoms with Gasteiger partial charge in [0.25, 0.3) is 0 Å². The molecule has 2 unspecified atom stereocenters. The van der Waals surface area contributed by atoms with E-state index in [1.807, 2.05) is 45.9 Å². The predicted octanol–water partition coefficient (Wildman–Crippen LogP) is 3.09. The van der Waals surface area contributed by atoms with Crippen molar-refractivity contribution in [1.82, 2.24) is 5.32 Å². The van der Waals surface area contributed by atoms with Gasteiger partial charge in [-0.05, 0) is 56.9 Å². The van der Waals surface area contributed by atoms with Gasteiger partial charge in [0.2, 0.25) is 5.91 Å². The third kappa shape index (κ3) is 3.32. The van der Waals surface area contributed by atoms with Crippen molar-refractivity contribution >= 4 is 18.5 Å². The number of amides is 1. The molecule has 2 heterocycles. The van der Waals surface area contributed by atoms with Crippen molar-refractivity contribution in [2.24, 2.45) is 0 Å². The molecule has 2 aliphatic rings. The Labute approximate surface area is 170 Å². The van der Waals surface area contributed by atoms with Crippen LogP contribution in [0.1, 0.15) is 50.8 Å². The van der Waals surface area contributed by atoms with E-state index in [-0.39, 0.29) is 11.7 Å². The van der Waals surface area contributed by atoms with Gasteiger partial charge in [0.15, 0.2) is 0 Å². The van der Waals surface area contributed by atoms with E-state index in [0.29, 0.717) is 5.75 Å². The fourth-order valence-corrected chi connectivity index (χ4v) is 3.76. The van der Waals surface area contributed by atoms with Crippen LogP contribution in [0.2, 0.25) is 0 Å². The summed E-state index contributed by atoms with van der Waals surface area (Å²) in [6, 6.07) is 11.7. The Balaban J connectivity index is 1.70. The first-order valence-electron chi connectivity index (χ1n) is 9.76. The fourth-order valence-electron chi connectivity index (χ4n) is 3.76. The third-order valence-corrected chi connectivity index (χ3v) is 6.18. The first-order chi connectivity index (χ1) is 13.6. The maximum absolute atomic E-state index is 13.4. The summed E-state index contributed by atoms with van der Waals surface area (Å²) in [5.41, 5.74) is 1.44. The van der Waals surface area contributed by atoms with Gasteiger partial charge in [0.05, 0.1) is 11.2 Å². The van der Waals surface area contributed by atoms with Gasteiger partial charge < -0.3 is 19.4 Å². The van der Waals surface area contributed by atoms with Gasteiger partial charge in [-0.3, -0.25) is 4.79 Å². The summed E-state index contributed by atoms with van der Waals surface area (Å²) < 4.78 is 31.8.